The molecular formula is C27H33N5O2. The summed E-state index contributed by atoms with van der Waals surface area (Å²) in [4.78, 5) is 33.6. The highest BCUT2D eigenvalue weighted by atomic mass is 16.2. The molecule has 1 aliphatic heterocycles. The van der Waals surface area contributed by atoms with E-state index in [1.807, 2.05) is 52.9 Å². The third kappa shape index (κ3) is 4.31. The molecule has 34 heavy (non-hydrogen) atoms. The Balaban J connectivity index is 1.45. The topological polar surface area (TPSA) is 80.1 Å². The van der Waals surface area contributed by atoms with Crippen LogP contribution in [0.1, 0.15) is 74.1 Å². The Labute approximate surface area is 200 Å². The molecule has 7 heteroatoms. The highest BCUT2D eigenvalue weighted by Crippen LogP contribution is 2.41. The number of para-hydroxylation sites is 1. The molecule has 1 atom stereocenters. The smallest absolute Gasteiger partial charge is 0.254 e. The van der Waals surface area contributed by atoms with Gasteiger partial charge >= 0.3 is 0 Å². The molecule has 178 valence electrons. The lowest BCUT2D eigenvalue weighted by molar-refractivity contribution is -0.121. The van der Waals surface area contributed by atoms with E-state index < -0.39 is 0 Å². The minimum absolute atomic E-state index is 0.0249. The van der Waals surface area contributed by atoms with Crippen molar-refractivity contribution in [3.63, 3.8) is 0 Å². The van der Waals surface area contributed by atoms with Gasteiger partial charge in [-0.1, -0.05) is 18.2 Å². The minimum atomic E-state index is -0.242. The first-order valence-electron chi connectivity index (χ1n) is 12.3. The number of carbonyl (C=O) groups excluding carboxylic acids is 2. The van der Waals surface area contributed by atoms with E-state index >= 15 is 0 Å². The van der Waals surface area contributed by atoms with Crippen LogP contribution in [0.3, 0.4) is 0 Å². The second kappa shape index (κ2) is 8.53. The summed E-state index contributed by atoms with van der Waals surface area (Å²) in [5, 5.41) is 8.61. The Morgan fingerprint density at radius 2 is 1.82 bits per heavy atom. The molecule has 2 aliphatic rings. The molecule has 0 spiro atoms. The zero-order valence-corrected chi connectivity index (χ0v) is 20.5. The first-order valence-corrected chi connectivity index (χ1v) is 12.3. The van der Waals surface area contributed by atoms with Crippen LogP contribution in [0.2, 0.25) is 0 Å². The van der Waals surface area contributed by atoms with Crippen molar-refractivity contribution in [3.8, 4) is 0 Å². The van der Waals surface area contributed by atoms with E-state index in [1.165, 1.54) is 0 Å². The second-order valence-corrected chi connectivity index (χ2v) is 10.7. The number of piperidine rings is 1. The van der Waals surface area contributed by atoms with Crippen LogP contribution in [-0.4, -0.2) is 44.6 Å². The van der Waals surface area contributed by atoms with Crippen LogP contribution in [0, 0.1) is 12.8 Å². The van der Waals surface area contributed by atoms with E-state index in [9.17, 15) is 9.59 Å². The predicted molar refractivity (Wildman–Crippen MR) is 133 cm³/mol. The normalized spacial score (nSPS) is 18.8. The third-order valence-corrected chi connectivity index (χ3v) is 6.81. The summed E-state index contributed by atoms with van der Waals surface area (Å²) in [6.07, 6.45) is 3.81. The molecule has 7 nitrogen and oxygen atoms in total. The highest BCUT2D eigenvalue weighted by molar-refractivity contribution is 6.07. The van der Waals surface area contributed by atoms with Crippen LogP contribution >= 0.6 is 0 Å². The lowest BCUT2D eigenvalue weighted by atomic mass is 9.95. The molecule has 5 rings (SSSR count). The first-order chi connectivity index (χ1) is 16.2. The van der Waals surface area contributed by atoms with Crippen molar-refractivity contribution < 1.29 is 9.59 Å². The molecule has 0 bridgehead atoms. The Morgan fingerprint density at radius 3 is 2.50 bits per heavy atom. The van der Waals surface area contributed by atoms with Crippen molar-refractivity contribution in [2.75, 3.05) is 18.4 Å². The Bertz CT molecular complexity index is 1240. The average Bonchev–Trinajstić information content (AvgIpc) is 3.61. The van der Waals surface area contributed by atoms with E-state index in [0.717, 1.165) is 53.8 Å². The number of amides is 2. The maximum absolute atomic E-state index is 13.9. The van der Waals surface area contributed by atoms with Crippen molar-refractivity contribution in [2.45, 2.75) is 64.8 Å². The van der Waals surface area contributed by atoms with Gasteiger partial charge in [0, 0.05) is 30.4 Å². The van der Waals surface area contributed by atoms with Crippen molar-refractivity contribution >= 4 is 28.5 Å². The van der Waals surface area contributed by atoms with E-state index in [2.05, 4.69) is 26.1 Å². The lowest BCUT2D eigenvalue weighted by Crippen LogP contribution is -2.43. The monoisotopic (exact) mass is 459 g/mol. The summed E-state index contributed by atoms with van der Waals surface area (Å²) in [7, 11) is 0. The number of fused-ring (bicyclic) bond motifs is 1. The lowest BCUT2D eigenvalue weighted by Gasteiger charge is -2.32. The maximum Gasteiger partial charge on any atom is 0.254 e. The molecule has 2 aromatic heterocycles. The van der Waals surface area contributed by atoms with Gasteiger partial charge in [-0.25, -0.2) is 9.67 Å². The number of aromatic nitrogens is 3. The summed E-state index contributed by atoms with van der Waals surface area (Å²) >= 11 is 0. The van der Waals surface area contributed by atoms with Crippen molar-refractivity contribution in [2.24, 2.45) is 5.92 Å². The summed E-state index contributed by atoms with van der Waals surface area (Å²) in [6, 6.07) is 11.5. The maximum atomic E-state index is 13.9. The summed E-state index contributed by atoms with van der Waals surface area (Å²) in [5.74, 6) is 0.143. The zero-order chi connectivity index (χ0) is 24.0. The van der Waals surface area contributed by atoms with E-state index in [-0.39, 0.29) is 23.3 Å². The van der Waals surface area contributed by atoms with E-state index in [1.54, 1.807) is 0 Å². The minimum Gasteiger partial charge on any atom is -0.338 e. The number of hydrogen-bond acceptors (Lipinski definition) is 4. The number of pyridine rings is 1. The van der Waals surface area contributed by atoms with Crippen LogP contribution in [0.5, 0.6) is 0 Å². The first kappa shape index (κ1) is 22.6. The Morgan fingerprint density at radius 1 is 1.09 bits per heavy atom. The molecule has 2 fully saturated rings. The summed E-state index contributed by atoms with van der Waals surface area (Å²) in [6.45, 7) is 9.34. The molecule has 0 radical (unpaired) electrons. The largest absolute Gasteiger partial charge is 0.338 e. The van der Waals surface area contributed by atoms with Gasteiger partial charge in [0.1, 0.15) is 0 Å². The molecule has 1 saturated carbocycles. The van der Waals surface area contributed by atoms with Gasteiger partial charge in [0.2, 0.25) is 5.91 Å². The molecule has 2 amide bonds. The van der Waals surface area contributed by atoms with Gasteiger partial charge in [-0.05, 0) is 71.6 Å². The highest BCUT2D eigenvalue weighted by Gasteiger charge is 2.34. The summed E-state index contributed by atoms with van der Waals surface area (Å²) < 4.78 is 1.95. The molecular weight excluding hydrogens is 426 g/mol. The molecule has 3 aromatic rings. The number of hydrogen-bond donors (Lipinski definition) is 1. The molecule has 1 N–H and O–H groups in total. The average molecular weight is 460 g/mol. The van der Waals surface area contributed by atoms with Crippen LogP contribution in [0.15, 0.2) is 36.4 Å². The Kier molecular flexibility index (Phi) is 5.66. The predicted octanol–water partition coefficient (Wildman–Crippen LogP) is 4.86. The third-order valence-electron chi connectivity index (χ3n) is 6.81. The number of carbonyl (C=O) groups is 2. The molecule has 1 saturated heterocycles. The number of nitrogens with one attached hydrogen (secondary N) is 1. The van der Waals surface area contributed by atoms with E-state index in [4.69, 9.17) is 10.1 Å². The zero-order valence-electron chi connectivity index (χ0n) is 20.5. The molecule has 1 unspecified atom stereocenters. The van der Waals surface area contributed by atoms with Crippen molar-refractivity contribution in [1.29, 1.82) is 0 Å². The number of likely N-dealkylation sites (tertiary alicyclic amines) is 1. The fourth-order valence-electron chi connectivity index (χ4n) is 4.84. The van der Waals surface area contributed by atoms with Crippen LogP contribution in [0.4, 0.5) is 5.69 Å². The van der Waals surface area contributed by atoms with Crippen molar-refractivity contribution in [3.05, 3.63) is 53.3 Å². The van der Waals surface area contributed by atoms with Gasteiger partial charge in [0.25, 0.3) is 5.91 Å². The molecule has 3 heterocycles. The fraction of sp³-hybridized carbons (Fsp3) is 0.481. The van der Waals surface area contributed by atoms with Crippen LogP contribution in [-0.2, 0) is 10.3 Å². The van der Waals surface area contributed by atoms with Gasteiger partial charge in [-0.15, -0.1) is 0 Å². The number of anilines is 1. The second-order valence-electron chi connectivity index (χ2n) is 10.7. The Hall–Kier alpha value is -3.22. The van der Waals surface area contributed by atoms with E-state index in [0.29, 0.717) is 24.6 Å². The van der Waals surface area contributed by atoms with Gasteiger partial charge in [-0.2, -0.15) is 5.10 Å². The quantitative estimate of drug-likeness (QED) is 0.604. The van der Waals surface area contributed by atoms with Crippen LogP contribution < -0.4 is 5.32 Å². The SMILES string of the molecule is Cc1nn(C(C)(C)C)c2nc(C3CC3)cc(C(=O)N3CCCC(C(=O)Nc4ccccc4)C3)c12. The van der Waals surface area contributed by atoms with Gasteiger partial charge in [0.15, 0.2) is 5.65 Å². The fourth-order valence-corrected chi connectivity index (χ4v) is 4.84. The number of rotatable bonds is 4. The van der Waals surface area contributed by atoms with Gasteiger partial charge < -0.3 is 10.2 Å². The van der Waals surface area contributed by atoms with Crippen LogP contribution in [0.25, 0.3) is 11.0 Å². The summed E-state index contributed by atoms with van der Waals surface area (Å²) in [5.41, 5.74) is 3.80. The molecule has 1 aliphatic carbocycles. The number of aryl methyl sites for hydroxylation is 1. The van der Waals surface area contributed by atoms with Gasteiger partial charge in [-0.3, -0.25) is 9.59 Å². The molecule has 1 aromatic carbocycles. The van der Waals surface area contributed by atoms with Crippen molar-refractivity contribution in [1.82, 2.24) is 19.7 Å². The number of nitrogens with zero attached hydrogens (tertiary/aromatic N) is 4. The standard InChI is InChI=1S/C27H33N5O2/c1-17-23-21(15-22(18-12-13-18)29-24(23)32(30-17)27(2,3)4)26(34)31-14-8-9-19(16-31)25(33)28-20-10-6-5-7-11-20/h5-7,10-11,15,18-19H,8-9,12-14,16H2,1-4H3,(H,28,33). The van der Waals surface area contributed by atoms with Gasteiger partial charge in [0.05, 0.1) is 28.1 Å². The number of benzene rings is 1.